The molecule has 1 aromatic heterocycles. The van der Waals surface area contributed by atoms with Crippen molar-refractivity contribution in [3.05, 3.63) is 82.8 Å². The summed E-state index contributed by atoms with van der Waals surface area (Å²) in [6, 6.07) is 22.1. The molecule has 3 aromatic carbocycles. The predicted molar refractivity (Wildman–Crippen MR) is 119 cm³/mol. The number of fused-ring (bicyclic) bond motifs is 1. The summed E-state index contributed by atoms with van der Waals surface area (Å²) in [6.45, 7) is -0.0760. The number of aromatic nitrogens is 1. The van der Waals surface area contributed by atoms with Crippen LogP contribution >= 0.6 is 15.9 Å². The molecule has 0 atom stereocenters. The second-order valence-electron chi connectivity index (χ2n) is 6.80. The van der Waals surface area contributed by atoms with E-state index in [9.17, 15) is 9.59 Å². The first kappa shape index (κ1) is 19.8. The molecule has 0 unspecified atom stereocenters. The Balaban J connectivity index is 1.52. The largest absolute Gasteiger partial charge is 0.355 e. The van der Waals surface area contributed by atoms with Crippen molar-refractivity contribution >= 4 is 44.3 Å². The van der Waals surface area contributed by atoms with Gasteiger partial charge in [-0.3, -0.25) is 9.59 Å². The number of amides is 2. The Morgan fingerprint density at radius 1 is 1.03 bits per heavy atom. The van der Waals surface area contributed by atoms with Gasteiger partial charge < -0.3 is 14.7 Å². The number of hydrogen-bond donors (Lipinski definition) is 1. The van der Waals surface area contributed by atoms with Crippen LogP contribution in [0.1, 0.15) is 10.4 Å². The number of carbonyl (C=O) groups excluding carboxylic acids is 2. The molecule has 0 fully saturated rings. The Bertz CT molecular complexity index is 1220. The van der Waals surface area contributed by atoms with Gasteiger partial charge in [-0.05, 0) is 46.3 Å². The summed E-state index contributed by atoms with van der Waals surface area (Å²) in [5, 5.41) is 7.62. The second kappa shape index (κ2) is 8.51. The minimum Gasteiger partial charge on any atom is -0.355 e. The van der Waals surface area contributed by atoms with Gasteiger partial charge in [-0.2, -0.15) is 0 Å². The fourth-order valence-corrected chi connectivity index (χ4v) is 3.52. The average Bonchev–Trinajstić information content (AvgIpc) is 3.18. The number of rotatable bonds is 5. The van der Waals surface area contributed by atoms with Crippen LogP contribution < -0.4 is 5.32 Å². The van der Waals surface area contributed by atoms with Crippen LogP contribution in [0.4, 0.5) is 5.69 Å². The first-order chi connectivity index (χ1) is 14.5. The first-order valence-corrected chi connectivity index (χ1v) is 10.1. The fraction of sp³-hybridized carbons (Fsp3) is 0.0870. The van der Waals surface area contributed by atoms with Gasteiger partial charge in [0.05, 0.1) is 17.6 Å². The minimum absolute atomic E-state index is 0.0760. The summed E-state index contributed by atoms with van der Waals surface area (Å²) in [5.74, 6) is 0.0581. The molecule has 4 aromatic rings. The maximum absolute atomic E-state index is 12.9. The van der Waals surface area contributed by atoms with E-state index in [-0.39, 0.29) is 18.4 Å². The zero-order chi connectivity index (χ0) is 21.1. The first-order valence-electron chi connectivity index (χ1n) is 9.27. The molecule has 0 bridgehead atoms. The third kappa shape index (κ3) is 4.11. The number of halogens is 1. The van der Waals surface area contributed by atoms with Crippen LogP contribution in [0.2, 0.25) is 0 Å². The summed E-state index contributed by atoms with van der Waals surface area (Å²) < 4.78 is 6.27. The molecule has 0 saturated heterocycles. The van der Waals surface area contributed by atoms with Crippen molar-refractivity contribution in [2.45, 2.75) is 0 Å². The van der Waals surface area contributed by atoms with E-state index in [2.05, 4.69) is 26.4 Å². The number of para-hydroxylation sites is 1. The molecule has 0 aliphatic carbocycles. The van der Waals surface area contributed by atoms with E-state index in [0.717, 1.165) is 15.4 Å². The molecule has 1 N–H and O–H groups in total. The molecule has 30 heavy (non-hydrogen) atoms. The van der Waals surface area contributed by atoms with Gasteiger partial charge in [0.1, 0.15) is 5.52 Å². The van der Waals surface area contributed by atoms with E-state index >= 15 is 0 Å². The van der Waals surface area contributed by atoms with E-state index < -0.39 is 0 Å². The number of anilines is 1. The zero-order valence-corrected chi connectivity index (χ0v) is 17.7. The summed E-state index contributed by atoms with van der Waals surface area (Å²) in [7, 11) is 1.60. The lowest BCUT2D eigenvalue weighted by atomic mass is 10.1. The molecule has 6 nitrogen and oxygen atoms in total. The van der Waals surface area contributed by atoms with Crippen LogP contribution in [-0.4, -0.2) is 35.5 Å². The van der Waals surface area contributed by atoms with Gasteiger partial charge in [-0.1, -0.05) is 47.6 Å². The lowest BCUT2D eigenvalue weighted by Crippen LogP contribution is -2.35. The Labute approximate surface area is 181 Å². The Morgan fingerprint density at radius 3 is 2.53 bits per heavy atom. The van der Waals surface area contributed by atoms with Crippen molar-refractivity contribution in [1.82, 2.24) is 10.1 Å². The molecule has 150 valence electrons. The van der Waals surface area contributed by atoms with Crippen LogP contribution in [0.3, 0.4) is 0 Å². The molecule has 0 aliphatic heterocycles. The standard InChI is InChI=1S/C23H18BrN3O3/c1-27(14-21(28)25-20-10-6-5-9-18(20)24)23(29)16-11-12-19-17(13-16)22(30-26-19)15-7-3-2-4-8-15/h2-13H,14H2,1H3,(H,25,28). The number of likely N-dealkylation sites (N-methyl/N-ethyl adjacent to an activating group) is 1. The number of hydrogen-bond acceptors (Lipinski definition) is 4. The highest BCUT2D eigenvalue weighted by Crippen LogP contribution is 2.29. The van der Waals surface area contributed by atoms with Crippen molar-refractivity contribution < 1.29 is 14.1 Å². The molecule has 7 heteroatoms. The molecule has 0 spiro atoms. The Morgan fingerprint density at radius 2 is 1.77 bits per heavy atom. The minimum atomic E-state index is -0.284. The van der Waals surface area contributed by atoms with E-state index in [0.29, 0.717) is 22.5 Å². The van der Waals surface area contributed by atoms with E-state index in [1.54, 1.807) is 31.3 Å². The molecule has 0 aliphatic rings. The third-order valence-electron chi connectivity index (χ3n) is 4.63. The predicted octanol–water partition coefficient (Wildman–Crippen LogP) is 4.97. The zero-order valence-electron chi connectivity index (χ0n) is 16.1. The van der Waals surface area contributed by atoms with Gasteiger partial charge in [0.2, 0.25) is 5.91 Å². The van der Waals surface area contributed by atoms with Crippen molar-refractivity contribution in [3.63, 3.8) is 0 Å². The number of benzene rings is 3. The monoisotopic (exact) mass is 463 g/mol. The molecule has 1 heterocycles. The van der Waals surface area contributed by atoms with Crippen molar-refractivity contribution in [2.24, 2.45) is 0 Å². The van der Waals surface area contributed by atoms with Crippen molar-refractivity contribution in [2.75, 3.05) is 18.9 Å². The van der Waals surface area contributed by atoms with Gasteiger partial charge in [0.25, 0.3) is 5.91 Å². The molecule has 0 saturated carbocycles. The van der Waals surface area contributed by atoms with Gasteiger partial charge in [-0.25, -0.2) is 0 Å². The molecule has 4 rings (SSSR count). The van der Waals surface area contributed by atoms with Crippen LogP contribution in [0, 0.1) is 0 Å². The number of nitrogens with zero attached hydrogens (tertiary/aromatic N) is 2. The molecule has 2 amide bonds. The third-order valence-corrected chi connectivity index (χ3v) is 5.33. The number of carbonyl (C=O) groups is 2. The van der Waals surface area contributed by atoms with Crippen LogP contribution in [0.15, 0.2) is 81.8 Å². The van der Waals surface area contributed by atoms with Gasteiger partial charge in [0, 0.05) is 22.6 Å². The van der Waals surface area contributed by atoms with Crippen LogP contribution in [0.25, 0.3) is 22.2 Å². The maximum atomic E-state index is 12.9. The summed E-state index contributed by atoms with van der Waals surface area (Å²) in [4.78, 5) is 26.6. The van der Waals surface area contributed by atoms with Gasteiger partial charge in [0.15, 0.2) is 5.76 Å². The van der Waals surface area contributed by atoms with Crippen LogP contribution in [0.5, 0.6) is 0 Å². The normalized spacial score (nSPS) is 10.7. The summed E-state index contributed by atoms with van der Waals surface area (Å²) >= 11 is 3.39. The molecular weight excluding hydrogens is 446 g/mol. The number of nitrogens with one attached hydrogen (secondary N) is 1. The quantitative estimate of drug-likeness (QED) is 0.453. The Hall–Kier alpha value is -3.45. The molecular formula is C23H18BrN3O3. The lowest BCUT2D eigenvalue weighted by molar-refractivity contribution is -0.116. The van der Waals surface area contributed by atoms with E-state index in [1.165, 1.54) is 4.90 Å². The smallest absolute Gasteiger partial charge is 0.254 e. The van der Waals surface area contributed by atoms with Crippen LogP contribution in [-0.2, 0) is 4.79 Å². The highest BCUT2D eigenvalue weighted by molar-refractivity contribution is 9.10. The highest BCUT2D eigenvalue weighted by Gasteiger charge is 2.18. The molecule has 0 radical (unpaired) electrons. The fourth-order valence-electron chi connectivity index (χ4n) is 3.13. The van der Waals surface area contributed by atoms with Gasteiger partial charge in [-0.15, -0.1) is 0 Å². The summed E-state index contributed by atoms with van der Waals surface area (Å²) in [5.41, 5.74) is 2.66. The Kier molecular flexibility index (Phi) is 5.63. The highest BCUT2D eigenvalue weighted by atomic mass is 79.9. The van der Waals surface area contributed by atoms with Gasteiger partial charge >= 0.3 is 0 Å². The average molecular weight is 464 g/mol. The lowest BCUT2D eigenvalue weighted by Gasteiger charge is -2.17. The second-order valence-corrected chi connectivity index (χ2v) is 7.65. The maximum Gasteiger partial charge on any atom is 0.254 e. The topological polar surface area (TPSA) is 75.4 Å². The van der Waals surface area contributed by atoms with E-state index in [4.69, 9.17) is 4.52 Å². The summed E-state index contributed by atoms with van der Waals surface area (Å²) in [6.07, 6.45) is 0. The van der Waals surface area contributed by atoms with Crippen molar-refractivity contribution in [3.8, 4) is 11.3 Å². The SMILES string of the molecule is CN(CC(=O)Nc1ccccc1Br)C(=O)c1ccc2noc(-c3ccccc3)c2c1. The van der Waals surface area contributed by atoms with E-state index in [1.807, 2.05) is 48.5 Å². The van der Waals surface area contributed by atoms with Crippen molar-refractivity contribution in [1.29, 1.82) is 0 Å².